The van der Waals surface area contributed by atoms with E-state index in [9.17, 15) is 17.9 Å². The van der Waals surface area contributed by atoms with Gasteiger partial charge in [0, 0.05) is 6.54 Å². The van der Waals surface area contributed by atoms with Gasteiger partial charge in [-0.1, -0.05) is 19.4 Å². The summed E-state index contributed by atoms with van der Waals surface area (Å²) in [5.41, 5.74) is 0.650. The first-order valence-electron chi connectivity index (χ1n) is 5.80. The summed E-state index contributed by atoms with van der Waals surface area (Å²) < 4.78 is 39.4. The summed E-state index contributed by atoms with van der Waals surface area (Å²) in [6, 6.07) is 3.91. The summed E-state index contributed by atoms with van der Waals surface area (Å²) in [6.45, 7) is 3.46. The smallest absolute Gasteiger partial charge is 0.243 e. The molecule has 0 radical (unpaired) electrons. The Morgan fingerprint density at radius 1 is 1.44 bits per heavy atom. The molecule has 0 heterocycles. The van der Waals surface area contributed by atoms with Crippen molar-refractivity contribution >= 4 is 10.0 Å². The molecule has 1 aromatic rings. The SMILES string of the molecule is CCCC(O)CNS(=O)(=O)c1ccc(C)cc1F. The predicted octanol–water partition coefficient (Wildman–Crippen LogP) is 1.57. The summed E-state index contributed by atoms with van der Waals surface area (Å²) in [5, 5.41) is 9.45. The lowest BCUT2D eigenvalue weighted by atomic mass is 10.2. The minimum Gasteiger partial charge on any atom is -0.392 e. The van der Waals surface area contributed by atoms with Gasteiger partial charge in [0.25, 0.3) is 0 Å². The van der Waals surface area contributed by atoms with E-state index in [4.69, 9.17) is 0 Å². The van der Waals surface area contributed by atoms with Crippen LogP contribution in [0.1, 0.15) is 25.3 Å². The molecule has 0 aliphatic rings. The van der Waals surface area contributed by atoms with Gasteiger partial charge in [0.2, 0.25) is 10.0 Å². The third-order valence-corrected chi connectivity index (χ3v) is 3.96. The second-order valence-corrected chi connectivity index (χ2v) is 5.96. The zero-order valence-corrected chi connectivity index (χ0v) is 11.3. The molecule has 0 fully saturated rings. The van der Waals surface area contributed by atoms with Crippen molar-refractivity contribution in [2.24, 2.45) is 0 Å². The molecule has 6 heteroatoms. The fourth-order valence-electron chi connectivity index (χ4n) is 1.54. The molecule has 1 atom stereocenters. The number of sulfonamides is 1. The van der Waals surface area contributed by atoms with Gasteiger partial charge in [0.05, 0.1) is 6.10 Å². The summed E-state index contributed by atoms with van der Waals surface area (Å²) in [5.74, 6) is -0.785. The van der Waals surface area contributed by atoms with Gasteiger partial charge in [0.1, 0.15) is 10.7 Å². The zero-order chi connectivity index (χ0) is 13.8. The maximum atomic E-state index is 13.5. The lowest BCUT2D eigenvalue weighted by Crippen LogP contribution is -2.32. The standard InChI is InChI=1S/C12H18FNO3S/c1-3-4-10(15)8-14-18(16,17)12-6-5-9(2)7-11(12)13/h5-7,10,14-15H,3-4,8H2,1-2H3. The van der Waals surface area contributed by atoms with Crippen LogP contribution in [0.2, 0.25) is 0 Å². The van der Waals surface area contributed by atoms with Gasteiger partial charge < -0.3 is 5.11 Å². The average molecular weight is 275 g/mol. The molecule has 0 amide bonds. The number of nitrogens with one attached hydrogen (secondary N) is 1. The lowest BCUT2D eigenvalue weighted by molar-refractivity contribution is 0.167. The van der Waals surface area contributed by atoms with E-state index in [1.54, 1.807) is 6.92 Å². The monoisotopic (exact) mass is 275 g/mol. The molecule has 0 saturated carbocycles. The number of rotatable bonds is 6. The van der Waals surface area contributed by atoms with Crippen LogP contribution in [0.5, 0.6) is 0 Å². The quantitative estimate of drug-likeness (QED) is 0.828. The van der Waals surface area contributed by atoms with Crippen LogP contribution in [0.4, 0.5) is 4.39 Å². The number of benzene rings is 1. The molecule has 0 aromatic heterocycles. The number of aryl methyl sites for hydroxylation is 1. The van der Waals surface area contributed by atoms with Crippen LogP contribution in [-0.4, -0.2) is 26.2 Å². The second kappa shape index (κ2) is 6.26. The van der Waals surface area contributed by atoms with Gasteiger partial charge in [0.15, 0.2) is 0 Å². The topological polar surface area (TPSA) is 66.4 Å². The first kappa shape index (κ1) is 15.1. The normalized spacial score (nSPS) is 13.6. The Balaban J connectivity index is 2.80. The summed E-state index contributed by atoms with van der Waals surface area (Å²) >= 11 is 0. The highest BCUT2D eigenvalue weighted by molar-refractivity contribution is 7.89. The second-order valence-electron chi connectivity index (χ2n) is 4.23. The molecule has 0 spiro atoms. The number of halogens is 1. The Morgan fingerprint density at radius 2 is 2.11 bits per heavy atom. The van der Waals surface area contributed by atoms with Crippen molar-refractivity contribution < 1.29 is 17.9 Å². The number of hydrogen-bond donors (Lipinski definition) is 2. The molecular formula is C12H18FNO3S. The van der Waals surface area contributed by atoms with E-state index < -0.39 is 26.8 Å². The largest absolute Gasteiger partial charge is 0.392 e. The zero-order valence-electron chi connectivity index (χ0n) is 10.5. The maximum absolute atomic E-state index is 13.5. The summed E-state index contributed by atoms with van der Waals surface area (Å²) in [7, 11) is -3.91. The first-order valence-corrected chi connectivity index (χ1v) is 7.29. The van der Waals surface area contributed by atoms with Crippen molar-refractivity contribution in [3.8, 4) is 0 Å². The third kappa shape index (κ3) is 4.04. The Hall–Kier alpha value is -0.980. The number of aliphatic hydroxyl groups excluding tert-OH is 1. The van der Waals surface area contributed by atoms with Gasteiger partial charge in [-0.2, -0.15) is 0 Å². The van der Waals surface area contributed by atoms with E-state index >= 15 is 0 Å². The van der Waals surface area contributed by atoms with Crippen molar-refractivity contribution in [1.29, 1.82) is 0 Å². The molecule has 1 unspecified atom stereocenters. The van der Waals surface area contributed by atoms with E-state index in [1.807, 2.05) is 6.92 Å². The molecule has 0 bridgehead atoms. The molecule has 102 valence electrons. The van der Waals surface area contributed by atoms with Crippen molar-refractivity contribution in [2.45, 2.75) is 37.7 Å². The van der Waals surface area contributed by atoms with Gasteiger partial charge in [-0.05, 0) is 31.0 Å². The maximum Gasteiger partial charge on any atom is 0.243 e. The van der Waals surface area contributed by atoms with E-state index in [2.05, 4.69) is 4.72 Å². The molecule has 1 rings (SSSR count). The fourth-order valence-corrected chi connectivity index (χ4v) is 2.67. The highest BCUT2D eigenvalue weighted by Gasteiger charge is 2.19. The van der Waals surface area contributed by atoms with Crippen LogP contribution in [0.3, 0.4) is 0 Å². The summed E-state index contributed by atoms with van der Waals surface area (Å²) in [4.78, 5) is -0.392. The minimum atomic E-state index is -3.91. The molecule has 18 heavy (non-hydrogen) atoms. The first-order chi connectivity index (χ1) is 8.36. The highest BCUT2D eigenvalue weighted by atomic mass is 32.2. The van der Waals surface area contributed by atoms with Crippen molar-refractivity contribution in [3.63, 3.8) is 0 Å². The van der Waals surface area contributed by atoms with Gasteiger partial charge >= 0.3 is 0 Å². The molecule has 2 N–H and O–H groups in total. The van der Waals surface area contributed by atoms with Crippen molar-refractivity contribution in [1.82, 2.24) is 4.72 Å². The molecule has 1 aromatic carbocycles. The molecule has 0 aliphatic carbocycles. The van der Waals surface area contributed by atoms with E-state index in [1.165, 1.54) is 12.1 Å². The fraction of sp³-hybridized carbons (Fsp3) is 0.500. The average Bonchev–Trinajstić information content (AvgIpc) is 2.26. The van der Waals surface area contributed by atoms with Crippen molar-refractivity contribution in [2.75, 3.05) is 6.54 Å². The van der Waals surface area contributed by atoms with Crippen LogP contribution in [0, 0.1) is 12.7 Å². The Labute approximate surface area is 107 Å². The minimum absolute atomic E-state index is 0.108. The van der Waals surface area contributed by atoms with Crippen LogP contribution in [-0.2, 0) is 10.0 Å². The molecule has 0 aliphatic heterocycles. The molecule has 0 saturated heterocycles. The Morgan fingerprint density at radius 3 is 2.67 bits per heavy atom. The van der Waals surface area contributed by atoms with E-state index in [0.29, 0.717) is 12.0 Å². The summed E-state index contributed by atoms with van der Waals surface area (Å²) in [6.07, 6.45) is 0.499. The van der Waals surface area contributed by atoms with Crippen LogP contribution < -0.4 is 4.72 Å². The van der Waals surface area contributed by atoms with Crippen LogP contribution >= 0.6 is 0 Å². The van der Waals surface area contributed by atoms with Gasteiger partial charge in [-0.25, -0.2) is 17.5 Å². The van der Waals surface area contributed by atoms with Gasteiger partial charge in [-0.15, -0.1) is 0 Å². The Bertz CT molecular complexity index is 502. The molecular weight excluding hydrogens is 257 g/mol. The molecule has 4 nitrogen and oxygen atoms in total. The number of aliphatic hydroxyl groups is 1. The lowest BCUT2D eigenvalue weighted by Gasteiger charge is -2.12. The van der Waals surface area contributed by atoms with Gasteiger partial charge in [-0.3, -0.25) is 0 Å². The predicted molar refractivity (Wildman–Crippen MR) is 67.2 cm³/mol. The number of hydrogen-bond acceptors (Lipinski definition) is 3. The van der Waals surface area contributed by atoms with Crippen LogP contribution in [0.15, 0.2) is 23.1 Å². The Kier molecular flexibility index (Phi) is 5.25. The van der Waals surface area contributed by atoms with Crippen molar-refractivity contribution in [3.05, 3.63) is 29.6 Å². The van der Waals surface area contributed by atoms with E-state index in [-0.39, 0.29) is 6.54 Å². The van der Waals surface area contributed by atoms with E-state index in [0.717, 1.165) is 12.5 Å². The van der Waals surface area contributed by atoms with Crippen LogP contribution in [0.25, 0.3) is 0 Å². The third-order valence-electron chi connectivity index (χ3n) is 2.51. The highest BCUT2D eigenvalue weighted by Crippen LogP contribution is 2.15.